The Balaban J connectivity index is 1.98. The average Bonchev–Trinajstić information content (AvgIpc) is 2.51. The SMILES string of the molecule is CCC1CC(=O)CC(C2OC(C)O2)N1S(=O)(=O)c1ccc(Cl)cc1. The Labute approximate surface area is 146 Å². The molecule has 8 heteroatoms. The summed E-state index contributed by atoms with van der Waals surface area (Å²) >= 11 is 5.86. The van der Waals surface area contributed by atoms with E-state index in [2.05, 4.69) is 0 Å². The molecule has 2 atom stereocenters. The van der Waals surface area contributed by atoms with Gasteiger partial charge in [-0.25, -0.2) is 8.42 Å². The predicted molar refractivity (Wildman–Crippen MR) is 88.0 cm³/mol. The molecule has 132 valence electrons. The zero-order valence-electron chi connectivity index (χ0n) is 13.5. The molecule has 2 heterocycles. The summed E-state index contributed by atoms with van der Waals surface area (Å²) in [6.45, 7) is 3.60. The fourth-order valence-corrected chi connectivity index (χ4v) is 5.24. The van der Waals surface area contributed by atoms with Crippen molar-refractivity contribution in [2.75, 3.05) is 0 Å². The number of benzene rings is 1. The second-order valence-corrected chi connectivity index (χ2v) is 8.35. The summed E-state index contributed by atoms with van der Waals surface area (Å²) in [5.74, 6) is 0.0289. The Morgan fingerprint density at radius 2 is 1.83 bits per heavy atom. The number of ether oxygens (including phenoxy) is 2. The van der Waals surface area contributed by atoms with Crippen LogP contribution in [0.15, 0.2) is 29.2 Å². The van der Waals surface area contributed by atoms with E-state index in [1.807, 2.05) is 6.92 Å². The largest absolute Gasteiger partial charge is 0.322 e. The molecule has 0 spiro atoms. The van der Waals surface area contributed by atoms with Gasteiger partial charge in [-0.3, -0.25) is 4.79 Å². The highest BCUT2D eigenvalue weighted by Crippen LogP contribution is 2.35. The number of Topliss-reactive ketones (excluding diaryl/α,β-unsaturated/α-hetero) is 1. The van der Waals surface area contributed by atoms with Crippen molar-refractivity contribution in [1.29, 1.82) is 0 Å². The summed E-state index contributed by atoms with van der Waals surface area (Å²) in [7, 11) is -3.79. The first-order chi connectivity index (χ1) is 11.3. The average molecular weight is 374 g/mol. The lowest BCUT2D eigenvalue weighted by Crippen LogP contribution is -2.61. The zero-order valence-corrected chi connectivity index (χ0v) is 15.1. The molecule has 0 radical (unpaired) electrons. The van der Waals surface area contributed by atoms with E-state index < -0.39 is 28.4 Å². The van der Waals surface area contributed by atoms with Crippen LogP contribution in [0.4, 0.5) is 0 Å². The first-order valence-electron chi connectivity index (χ1n) is 7.94. The molecule has 0 N–H and O–H groups in total. The maximum atomic E-state index is 13.2. The van der Waals surface area contributed by atoms with E-state index in [1.165, 1.54) is 28.6 Å². The van der Waals surface area contributed by atoms with Crippen LogP contribution in [0.2, 0.25) is 5.02 Å². The number of hydrogen-bond acceptors (Lipinski definition) is 5. The van der Waals surface area contributed by atoms with Gasteiger partial charge in [-0.2, -0.15) is 4.31 Å². The highest BCUT2D eigenvalue weighted by Gasteiger charge is 2.49. The second kappa shape index (κ2) is 6.72. The Morgan fingerprint density at radius 1 is 1.21 bits per heavy atom. The quantitative estimate of drug-likeness (QED) is 0.811. The van der Waals surface area contributed by atoms with Crippen molar-refractivity contribution in [3.05, 3.63) is 29.3 Å². The number of ketones is 1. The standard InChI is InChI=1S/C16H20ClNO5S/c1-3-12-8-13(19)9-15(16-22-10(2)23-16)18(12)24(20,21)14-6-4-11(17)5-7-14/h4-7,10,12,15-16H,3,8-9H2,1-2H3. The summed E-state index contributed by atoms with van der Waals surface area (Å²) in [6.07, 6.45) is -0.243. The Bertz CT molecular complexity index is 714. The normalized spacial score (nSPS) is 31.7. The van der Waals surface area contributed by atoms with Crippen molar-refractivity contribution < 1.29 is 22.7 Å². The number of carbonyl (C=O) groups excluding carboxylic acids is 1. The molecule has 1 aromatic carbocycles. The van der Waals surface area contributed by atoms with Crippen molar-refractivity contribution in [2.24, 2.45) is 0 Å². The maximum Gasteiger partial charge on any atom is 0.243 e. The monoisotopic (exact) mass is 373 g/mol. The summed E-state index contributed by atoms with van der Waals surface area (Å²) in [5, 5.41) is 0.464. The van der Waals surface area contributed by atoms with Crippen molar-refractivity contribution in [3.63, 3.8) is 0 Å². The van der Waals surface area contributed by atoms with E-state index in [0.29, 0.717) is 11.4 Å². The molecule has 0 aromatic heterocycles. The maximum absolute atomic E-state index is 13.2. The first kappa shape index (κ1) is 17.8. The summed E-state index contributed by atoms with van der Waals surface area (Å²) in [4.78, 5) is 12.2. The highest BCUT2D eigenvalue weighted by molar-refractivity contribution is 7.89. The lowest BCUT2D eigenvalue weighted by atomic mass is 9.95. The van der Waals surface area contributed by atoms with Crippen LogP contribution in [0.5, 0.6) is 0 Å². The lowest BCUT2D eigenvalue weighted by molar-refractivity contribution is -0.389. The van der Waals surface area contributed by atoms with Crippen molar-refractivity contribution in [1.82, 2.24) is 4.31 Å². The molecule has 0 aliphatic carbocycles. The van der Waals surface area contributed by atoms with Crippen molar-refractivity contribution in [2.45, 2.75) is 62.7 Å². The Morgan fingerprint density at radius 3 is 2.38 bits per heavy atom. The third kappa shape index (κ3) is 3.23. The fourth-order valence-electron chi connectivity index (χ4n) is 3.24. The van der Waals surface area contributed by atoms with Crippen LogP contribution in [-0.4, -0.2) is 43.2 Å². The van der Waals surface area contributed by atoms with Crippen LogP contribution in [-0.2, 0) is 24.3 Å². The van der Waals surface area contributed by atoms with Gasteiger partial charge < -0.3 is 9.47 Å². The van der Waals surface area contributed by atoms with Gasteiger partial charge in [-0.15, -0.1) is 0 Å². The second-order valence-electron chi connectivity index (χ2n) is 6.07. The van der Waals surface area contributed by atoms with Gasteiger partial charge in [0.05, 0.1) is 10.9 Å². The van der Waals surface area contributed by atoms with Crippen molar-refractivity contribution >= 4 is 27.4 Å². The third-order valence-electron chi connectivity index (χ3n) is 4.41. The molecule has 2 unspecified atom stereocenters. The van der Waals surface area contributed by atoms with E-state index >= 15 is 0 Å². The molecule has 2 aliphatic rings. The number of piperidine rings is 1. The molecule has 2 aliphatic heterocycles. The molecule has 0 saturated carbocycles. The number of halogens is 1. The number of carbonyl (C=O) groups is 1. The predicted octanol–water partition coefficient (Wildman–Crippen LogP) is 2.56. The van der Waals surface area contributed by atoms with Gasteiger partial charge in [0.25, 0.3) is 0 Å². The van der Waals surface area contributed by atoms with Crippen LogP contribution < -0.4 is 0 Å². The van der Waals surface area contributed by atoms with Crippen LogP contribution >= 0.6 is 11.6 Å². The zero-order chi connectivity index (χ0) is 17.5. The van der Waals surface area contributed by atoms with Gasteiger partial charge in [-0.1, -0.05) is 18.5 Å². The van der Waals surface area contributed by atoms with Crippen LogP contribution in [0.3, 0.4) is 0 Å². The summed E-state index contributed by atoms with van der Waals surface area (Å²) in [6, 6.07) is 4.98. The van der Waals surface area contributed by atoms with Gasteiger partial charge in [-0.05, 0) is 37.6 Å². The molecule has 1 aromatic rings. The van der Waals surface area contributed by atoms with E-state index in [4.69, 9.17) is 21.1 Å². The van der Waals surface area contributed by atoms with Gasteiger partial charge in [0.1, 0.15) is 5.78 Å². The Kier molecular flexibility index (Phi) is 4.99. The topological polar surface area (TPSA) is 72.9 Å². The van der Waals surface area contributed by atoms with E-state index in [0.717, 1.165) is 0 Å². The summed E-state index contributed by atoms with van der Waals surface area (Å²) in [5.41, 5.74) is 0. The highest BCUT2D eigenvalue weighted by atomic mass is 35.5. The Hall–Kier alpha value is -0.990. The van der Waals surface area contributed by atoms with Gasteiger partial charge >= 0.3 is 0 Å². The molecule has 3 rings (SSSR count). The minimum Gasteiger partial charge on any atom is -0.322 e. The number of nitrogens with zero attached hydrogens (tertiary/aromatic N) is 1. The van der Waals surface area contributed by atoms with Crippen molar-refractivity contribution in [3.8, 4) is 0 Å². The van der Waals surface area contributed by atoms with E-state index in [1.54, 1.807) is 6.92 Å². The van der Waals surface area contributed by atoms with Gasteiger partial charge in [0.15, 0.2) is 12.6 Å². The molecule has 0 bridgehead atoms. The molecule has 6 nitrogen and oxygen atoms in total. The minimum atomic E-state index is -3.79. The minimum absolute atomic E-state index is 0.0289. The molecule has 24 heavy (non-hydrogen) atoms. The fraction of sp³-hybridized carbons (Fsp3) is 0.562. The van der Waals surface area contributed by atoms with Crippen LogP contribution in [0.25, 0.3) is 0 Å². The molecule has 2 saturated heterocycles. The number of sulfonamides is 1. The number of rotatable bonds is 4. The molecule has 2 fully saturated rings. The summed E-state index contributed by atoms with van der Waals surface area (Å²) < 4.78 is 38.7. The number of hydrogen-bond donors (Lipinski definition) is 0. The third-order valence-corrected chi connectivity index (χ3v) is 6.66. The van der Waals surface area contributed by atoms with Crippen LogP contribution in [0.1, 0.15) is 33.1 Å². The first-order valence-corrected chi connectivity index (χ1v) is 9.76. The van der Waals surface area contributed by atoms with E-state index in [-0.39, 0.29) is 29.8 Å². The smallest absolute Gasteiger partial charge is 0.243 e. The molecule has 0 amide bonds. The van der Waals surface area contributed by atoms with Gasteiger partial charge in [0.2, 0.25) is 10.0 Å². The van der Waals surface area contributed by atoms with E-state index in [9.17, 15) is 13.2 Å². The van der Waals surface area contributed by atoms with Crippen LogP contribution in [0, 0.1) is 0 Å². The lowest BCUT2D eigenvalue weighted by Gasteiger charge is -2.47. The van der Waals surface area contributed by atoms with Gasteiger partial charge in [0, 0.05) is 23.9 Å². The molecular formula is C16H20ClNO5S. The molecular weight excluding hydrogens is 354 g/mol.